The van der Waals surface area contributed by atoms with Crippen LogP contribution in [0.2, 0.25) is 0 Å². The van der Waals surface area contributed by atoms with E-state index in [0.717, 1.165) is 18.7 Å². The zero-order valence-electron chi connectivity index (χ0n) is 12.0. The highest BCUT2D eigenvalue weighted by atomic mass is 15.1. The Kier molecular flexibility index (Phi) is 4.45. The zero-order valence-corrected chi connectivity index (χ0v) is 12.0. The Morgan fingerprint density at radius 2 is 1.79 bits per heavy atom. The van der Waals surface area contributed by atoms with Gasteiger partial charge in [-0.25, -0.2) is 0 Å². The number of anilines is 2. The molecule has 0 bridgehead atoms. The van der Waals surface area contributed by atoms with E-state index in [9.17, 15) is 0 Å². The maximum absolute atomic E-state index is 3.14. The van der Waals surface area contributed by atoms with Crippen molar-refractivity contribution in [3.63, 3.8) is 0 Å². The molecule has 0 saturated carbocycles. The summed E-state index contributed by atoms with van der Waals surface area (Å²) in [6, 6.07) is 17.3. The van der Waals surface area contributed by atoms with E-state index in [1.165, 1.54) is 16.8 Å². The SMILES string of the molecule is CNc1ccc(N(C)CCc2cccc(C)c2)cc1. The van der Waals surface area contributed by atoms with Crippen molar-refractivity contribution in [1.29, 1.82) is 0 Å². The van der Waals surface area contributed by atoms with Gasteiger partial charge in [0.15, 0.2) is 0 Å². The molecule has 100 valence electrons. The Labute approximate surface area is 116 Å². The van der Waals surface area contributed by atoms with Crippen LogP contribution >= 0.6 is 0 Å². The highest BCUT2D eigenvalue weighted by Crippen LogP contribution is 2.17. The van der Waals surface area contributed by atoms with Gasteiger partial charge in [-0.1, -0.05) is 29.8 Å². The van der Waals surface area contributed by atoms with Crippen LogP contribution in [0.4, 0.5) is 11.4 Å². The van der Waals surface area contributed by atoms with Crippen LogP contribution in [0.25, 0.3) is 0 Å². The molecule has 2 aromatic rings. The number of hydrogen-bond donors (Lipinski definition) is 1. The molecule has 0 aromatic heterocycles. The van der Waals surface area contributed by atoms with E-state index in [1.807, 2.05) is 7.05 Å². The molecule has 0 atom stereocenters. The van der Waals surface area contributed by atoms with Gasteiger partial charge in [0.05, 0.1) is 0 Å². The summed E-state index contributed by atoms with van der Waals surface area (Å²) in [5.74, 6) is 0. The Hall–Kier alpha value is -1.96. The van der Waals surface area contributed by atoms with Gasteiger partial charge >= 0.3 is 0 Å². The minimum atomic E-state index is 1.03. The van der Waals surface area contributed by atoms with Crippen LogP contribution in [-0.2, 0) is 6.42 Å². The molecule has 0 aliphatic carbocycles. The first kappa shape index (κ1) is 13.5. The van der Waals surface area contributed by atoms with Crippen LogP contribution in [0, 0.1) is 6.92 Å². The lowest BCUT2D eigenvalue weighted by Crippen LogP contribution is -2.20. The first-order chi connectivity index (χ1) is 9.19. The van der Waals surface area contributed by atoms with Crippen molar-refractivity contribution in [2.45, 2.75) is 13.3 Å². The molecule has 2 nitrogen and oxygen atoms in total. The normalized spacial score (nSPS) is 10.3. The molecule has 0 fully saturated rings. The molecule has 0 saturated heterocycles. The number of nitrogens with one attached hydrogen (secondary N) is 1. The van der Waals surface area contributed by atoms with Crippen molar-refractivity contribution in [2.75, 3.05) is 30.9 Å². The average molecular weight is 254 g/mol. The standard InChI is InChI=1S/C17H22N2/c1-14-5-4-6-15(13-14)11-12-19(3)17-9-7-16(18-2)8-10-17/h4-10,13,18H,11-12H2,1-3H3. The van der Waals surface area contributed by atoms with E-state index in [2.05, 4.69) is 72.7 Å². The van der Waals surface area contributed by atoms with Crippen molar-refractivity contribution in [3.8, 4) is 0 Å². The molecule has 2 rings (SSSR count). The van der Waals surface area contributed by atoms with Crippen LogP contribution in [0.15, 0.2) is 48.5 Å². The molecule has 0 aliphatic rings. The summed E-state index contributed by atoms with van der Waals surface area (Å²) >= 11 is 0. The van der Waals surface area contributed by atoms with Gasteiger partial charge in [0.25, 0.3) is 0 Å². The maximum Gasteiger partial charge on any atom is 0.0365 e. The number of rotatable bonds is 5. The largest absolute Gasteiger partial charge is 0.388 e. The quantitative estimate of drug-likeness (QED) is 0.875. The van der Waals surface area contributed by atoms with E-state index >= 15 is 0 Å². The lowest BCUT2D eigenvalue weighted by Gasteiger charge is -2.19. The predicted molar refractivity (Wildman–Crippen MR) is 84.1 cm³/mol. The molecular weight excluding hydrogens is 232 g/mol. The van der Waals surface area contributed by atoms with Gasteiger partial charge in [0.1, 0.15) is 0 Å². The summed E-state index contributed by atoms with van der Waals surface area (Å²) in [4.78, 5) is 2.29. The lowest BCUT2D eigenvalue weighted by atomic mass is 10.1. The second-order valence-electron chi connectivity index (χ2n) is 4.96. The lowest BCUT2D eigenvalue weighted by molar-refractivity contribution is 0.876. The Bertz CT molecular complexity index is 517. The molecule has 0 heterocycles. The number of aryl methyl sites for hydroxylation is 1. The fourth-order valence-electron chi connectivity index (χ4n) is 2.18. The molecule has 0 spiro atoms. The van der Waals surface area contributed by atoms with Crippen molar-refractivity contribution < 1.29 is 0 Å². The summed E-state index contributed by atoms with van der Waals surface area (Å²) in [6.07, 6.45) is 1.08. The Morgan fingerprint density at radius 3 is 2.42 bits per heavy atom. The van der Waals surface area contributed by atoms with E-state index in [4.69, 9.17) is 0 Å². The fraction of sp³-hybridized carbons (Fsp3) is 0.294. The second-order valence-corrected chi connectivity index (χ2v) is 4.96. The van der Waals surface area contributed by atoms with Crippen molar-refractivity contribution >= 4 is 11.4 Å². The van der Waals surface area contributed by atoms with Gasteiger partial charge in [-0.15, -0.1) is 0 Å². The van der Waals surface area contributed by atoms with Crippen LogP contribution in [0.5, 0.6) is 0 Å². The van der Waals surface area contributed by atoms with Gasteiger partial charge in [0, 0.05) is 32.0 Å². The molecule has 19 heavy (non-hydrogen) atoms. The molecule has 2 aromatic carbocycles. The number of nitrogens with zero attached hydrogens (tertiary/aromatic N) is 1. The summed E-state index contributed by atoms with van der Waals surface area (Å²) < 4.78 is 0. The van der Waals surface area contributed by atoms with Gasteiger partial charge in [-0.05, 0) is 43.2 Å². The predicted octanol–water partition coefficient (Wildman–Crippen LogP) is 3.72. The second kappa shape index (κ2) is 6.28. The fourth-order valence-corrected chi connectivity index (χ4v) is 2.18. The first-order valence-corrected chi connectivity index (χ1v) is 6.73. The molecule has 0 radical (unpaired) electrons. The van der Waals surface area contributed by atoms with Crippen LogP contribution in [0.1, 0.15) is 11.1 Å². The zero-order chi connectivity index (χ0) is 13.7. The van der Waals surface area contributed by atoms with Gasteiger partial charge in [-0.3, -0.25) is 0 Å². The third kappa shape index (κ3) is 3.75. The van der Waals surface area contributed by atoms with E-state index in [-0.39, 0.29) is 0 Å². The minimum Gasteiger partial charge on any atom is -0.388 e. The molecule has 0 amide bonds. The summed E-state index contributed by atoms with van der Waals surface area (Å²) in [5, 5.41) is 3.14. The Morgan fingerprint density at radius 1 is 1.05 bits per heavy atom. The molecule has 2 heteroatoms. The summed E-state index contributed by atoms with van der Waals surface area (Å²) in [5.41, 5.74) is 5.14. The smallest absolute Gasteiger partial charge is 0.0365 e. The topological polar surface area (TPSA) is 15.3 Å². The Balaban J connectivity index is 1.95. The maximum atomic E-state index is 3.14. The van der Waals surface area contributed by atoms with Crippen LogP contribution in [-0.4, -0.2) is 20.6 Å². The van der Waals surface area contributed by atoms with Crippen molar-refractivity contribution in [2.24, 2.45) is 0 Å². The van der Waals surface area contributed by atoms with Gasteiger partial charge in [0.2, 0.25) is 0 Å². The minimum absolute atomic E-state index is 1.03. The summed E-state index contributed by atoms with van der Waals surface area (Å²) in [6.45, 7) is 3.17. The molecule has 0 unspecified atom stereocenters. The van der Waals surface area contributed by atoms with Crippen LogP contribution < -0.4 is 10.2 Å². The van der Waals surface area contributed by atoms with Gasteiger partial charge in [-0.2, -0.15) is 0 Å². The number of hydrogen-bond acceptors (Lipinski definition) is 2. The number of benzene rings is 2. The first-order valence-electron chi connectivity index (χ1n) is 6.73. The highest BCUT2D eigenvalue weighted by molar-refractivity contribution is 5.54. The monoisotopic (exact) mass is 254 g/mol. The van der Waals surface area contributed by atoms with Crippen molar-refractivity contribution in [1.82, 2.24) is 0 Å². The molecule has 1 N–H and O–H groups in total. The summed E-state index contributed by atoms with van der Waals surface area (Å²) in [7, 11) is 4.08. The highest BCUT2D eigenvalue weighted by Gasteiger charge is 2.01. The van der Waals surface area contributed by atoms with Crippen LogP contribution in [0.3, 0.4) is 0 Å². The number of likely N-dealkylation sites (N-methyl/N-ethyl adjacent to an activating group) is 1. The molecular formula is C17H22N2. The molecule has 0 aliphatic heterocycles. The van der Waals surface area contributed by atoms with E-state index in [0.29, 0.717) is 0 Å². The third-order valence-electron chi connectivity index (χ3n) is 3.42. The third-order valence-corrected chi connectivity index (χ3v) is 3.42. The van der Waals surface area contributed by atoms with E-state index in [1.54, 1.807) is 0 Å². The average Bonchev–Trinajstić information content (AvgIpc) is 2.45. The van der Waals surface area contributed by atoms with E-state index < -0.39 is 0 Å². The van der Waals surface area contributed by atoms with Gasteiger partial charge < -0.3 is 10.2 Å². The van der Waals surface area contributed by atoms with Crippen molar-refractivity contribution in [3.05, 3.63) is 59.7 Å².